The SMILES string of the molecule is CC(C)(C)CNC(=O)c1cn2c(nc3cc(CNCC4CCCO4)ccc32)s1. The van der Waals surface area contributed by atoms with Crippen LogP contribution in [0, 0.1) is 5.41 Å². The van der Waals surface area contributed by atoms with Crippen LogP contribution in [0.4, 0.5) is 0 Å². The normalized spacial score (nSPS) is 17.6. The molecule has 1 saturated heterocycles. The predicted octanol–water partition coefficient (Wildman–Crippen LogP) is 3.59. The monoisotopic (exact) mass is 400 g/mol. The van der Waals surface area contributed by atoms with E-state index in [1.165, 1.54) is 23.3 Å². The summed E-state index contributed by atoms with van der Waals surface area (Å²) in [5, 5.41) is 6.48. The van der Waals surface area contributed by atoms with Crippen LogP contribution in [0.15, 0.2) is 24.4 Å². The fourth-order valence-corrected chi connectivity index (χ4v) is 4.30. The molecule has 6 nitrogen and oxygen atoms in total. The number of benzene rings is 1. The fourth-order valence-electron chi connectivity index (χ4n) is 3.39. The Labute approximate surface area is 169 Å². The van der Waals surface area contributed by atoms with Gasteiger partial charge in [0.25, 0.3) is 5.91 Å². The Balaban J connectivity index is 1.45. The number of nitrogens with zero attached hydrogens (tertiary/aromatic N) is 2. The largest absolute Gasteiger partial charge is 0.377 e. The second-order valence-corrected chi connectivity index (χ2v) is 9.70. The Morgan fingerprint density at radius 3 is 3.00 bits per heavy atom. The topological polar surface area (TPSA) is 67.7 Å². The van der Waals surface area contributed by atoms with Crippen molar-refractivity contribution in [3.05, 3.63) is 34.8 Å². The van der Waals surface area contributed by atoms with Gasteiger partial charge in [0.2, 0.25) is 0 Å². The molecule has 7 heteroatoms. The van der Waals surface area contributed by atoms with E-state index in [-0.39, 0.29) is 11.3 Å². The van der Waals surface area contributed by atoms with Crippen molar-refractivity contribution < 1.29 is 9.53 Å². The summed E-state index contributed by atoms with van der Waals surface area (Å²) >= 11 is 1.43. The van der Waals surface area contributed by atoms with E-state index in [4.69, 9.17) is 9.72 Å². The second kappa shape index (κ2) is 7.81. The molecule has 0 saturated carbocycles. The zero-order valence-electron chi connectivity index (χ0n) is 16.7. The zero-order valence-corrected chi connectivity index (χ0v) is 17.6. The van der Waals surface area contributed by atoms with Gasteiger partial charge in [-0.2, -0.15) is 0 Å². The number of thiazole rings is 1. The number of imidazole rings is 1. The van der Waals surface area contributed by atoms with Crippen molar-refractivity contribution in [2.75, 3.05) is 19.7 Å². The molecule has 0 bridgehead atoms. The minimum absolute atomic E-state index is 0.0338. The van der Waals surface area contributed by atoms with E-state index in [1.54, 1.807) is 0 Å². The number of ether oxygens (including phenoxy) is 1. The molecule has 0 spiro atoms. The number of hydrogen-bond donors (Lipinski definition) is 2. The maximum Gasteiger partial charge on any atom is 0.263 e. The molecular formula is C21H28N4O2S. The number of fused-ring (bicyclic) bond motifs is 3. The Bertz CT molecular complexity index is 980. The molecule has 150 valence electrons. The second-order valence-electron chi connectivity index (χ2n) is 8.69. The van der Waals surface area contributed by atoms with E-state index in [9.17, 15) is 4.79 Å². The molecular weight excluding hydrogens is 372 g/mol. The van der Waals surface area contributed by atoms with Crippen LogP contribution in [0.2, 0.25) is 0 Å². The molecule has 0 radical (unpaired) electrons. The third-order valence-electron chi connectivity index (χ3n) is 4.90. The van der Waals surface area contributed by atoms with E-state index < -0.39 is 0 Å². The molecule has 1 aromatic carbocycles. The standard InChI is InChI=1S/C21H28N4O2S/c1-21(2,3)13-23-19(26)18-12-25-17-7-6-14(9-16(17)24-20(25)28-18)10-22-11-15-5-4-8-27-15/h6-7,9,12,15,22H,4-5,8,10-11,13H2,1-3H3,(H,23,26). The number of nitrogens with one attached hydrogen (secondary N) is 2. The van der Waals surface area contributed by atoms with E-state index in [0.717, 1.165) is 42.1 Å². The average molecular weight is 401 g/mol. The fraction of sp³-hybridized carbons (Fsp3) is 0.524. The van der Waals surface area contributed by atoms with Gasteiger partial charge in [0, 0.05) is 32.4 Å². The average Bonchev–Trinajstić information content (AvgIpc) is 3.34. The van der Waals surface area contributed by atoms with Gasteiger partial charge in [-0.05, 0) is 36.0 Å². The van der Waals surface area contributed by atoms with Crippen molar-refractivity contribution in [2.45, 2.75) is 46.3 Å². The number of rotatable bonds is 6. The van der Waals surface area contributed by atoms with Crippen LogP contribution < -0.4 is 10.6 Å². The van der Waals surface area contributed by atoms with E-state index in [0.29, 0.717) is 17.5 Å². The molecule has 1 atom stereocenters. The van der Waals surface area contributed by atoms with Crippen molar-refractivity contribution in [1.29, 1.82) is 0 Å². The van der Waals surface area contributed by atoms with Crippen molar-refractivity contribution >= 4 is 33.2 Å². The molecule has 1 aliphatic heterocycles. The zero-order chi connectivity index (χ0) is 19.7. The summed E-state index contributed by atoms with van der Waals surface area (Å²) in [7, 11) is 0. The summed E-state index contributed by atoms with van der Waals surface area (Å²) in [4.78, 5) is 18.7. The first-order chi connectivity index (χ1) is 13.4. The molecule has 28 heavy (non-hydrogen) atoms. The molecule has 3 heterocycles. The summed E-state index contributed by atoms with van der Waals surface area (Å²) in [5.41, 5.74) is 3.27. The van der Waals surface area contributed by atoms with Gasteiger partial charge in [0.15, 0.2) is 4.96 Å². The molecule has 3 aromatic rings. The summed E-state index contributed by atoms with van der Waals surface area (Å²) in [6.07, 6.45) is 4.56. The highest BCUT2D eigenvalue weighted by atomic mass is 32.1. The van der Waals surface area contributed by atoms with Gasteiger partial charge in [-0.15, -0.1) is 0 Å². The third kappa shape index (κ3) is 4.37. The van der Waals surface area contributed by atoms with Crippen molar-refractivity contribution in [2.24, 2.45) is 5.41 Å². The quantitative estimate of drug-likeness (QED) is 0.664. The molecule has 2 aromatic heterocycles. The Kier molecular flexibility index (Phi) is 5.40. The van der Waals surface area contributed by atoms with Crippen LogP contribution in [0.3, 0.4) is 0 Å². The molecule has 4 rings (SSSR count). The van der Waals surface area contributed by atoms with Gasteiger partial charge in [-0.1, -0.05) is 38.2 Å². The third-order valence-corrected chi connectivity index (χ3v) is 5.88. The van der Waals surface area contributed by atoms with Crippen LogP contribution in [0.5, 0.6) is 0 Å². The summed E-state index contributed by atoms with van der Waals surface area (Å²) < 4.78 is 7.66. The Morgan fingerprint density at radius 1 is 1.39 bits per heavy atom. The highest BCUT2D eigenvalue weighted by molar-refractivity contribution is 7.18. The molecule has 2 N–H and O–H groups in total. The number of carbonyl (C=O) groups is 1. The highest BCUT2D eigenvalue weighted by Crippen LogP contribution is 2.25. The van der Waals surface area contributed by atoms with Crippen molar-refractivity contribution in [3.8, 4) is 0 Å². The van der Waals surface area contributed by atoms with Crippen LogP contribution in [0.25, 0.3) is 16.0 Å². The molecule has 1 unspecified atom stereocenters. The predicted molar refractivity (Wildman–Crippen MR) is 113 cm³/mol. The van der Waals surface area contributed by atoms with Gasteiger partial charge >= 0.3 is 0 Å². The van der Waals surface area contributed by atoms with E-state index >= 15 is 0 Å². The van der Waals surface area contributed by atoms with Crippen LogP contribution in [0.1, 0.15) is 48.8 Å². The van der Waals surface area contributed by atoms with Crippen LogP contribution in [-0.2, 0) is 11.3 Å². The van der Waals surface area contributed by atoms with E-state index in [2.05, 4.69) is 49.6 Å². The Hall–Kier alpha value is -1.96. The lowest BCUT2D eigenvalue weighted by atomic mass is 9.97. The summed E-state index contributed by atoms with van der Waals surface area (Å²) in [6.45, 7) is 9.56. The lowest BCUT2D eigenvalue weighted by Crippen LogP contribution is -2.31. The molecule has 1 fully saturated rings. The number of hydrogen-bond acceptors (Lipinski definition) is 5. The number of aromatic nitrogens is 2. The first-order valence-corrected chi connectivity index (χ1v) is 10.7. The van der Waals surface area contributed by atoms with Crippen molar-refractivity contribution in [1.82, 2.24) is 20.0 Å². The Morgan fingerprint density at radius 2 is 2.25 bits per heavy atom. The van der Waals surface area contributed by atoms with Crippen molar-refractivity contribution in [3.63, 3.8) is 0 Å². The maximum atomic E-state index is 12.4. The van der Waals surface area contributed by atoms with Gasteiger partial charge < -0.3 is 15.4 Å². The number of amides is 1. The highest BCUT2D eigenvalue weighted by Gasteiger charge is 2.17. The lowest BCUT2D eigenvalue weighted by Gasteiger charge is -2.18. The number of carbonyl (C=O) groups excluding carboxylic acids is 1. The molecule has 0 aliphatic carbocycles. The first kappa shape index (κ1) is 19.4. The van der Waals surface area contributed by atoms with Gasteiger partial charge in [0.05, 0.1) is 17.1 Å². The van der Waals surface area contributed by atoms with Crippen LogP contribution in [-0.4, -0.2) is 41.1 Å². The van der Waals surface area contributed by atoms with Gasteiger partial charge in [-0.3, -0.25) is 9.20 Å². The molecule has 1 aliphatic rings. The maximum absolute atomic E-state index is 12.4. The van der Waals surface area contributed by atoms with Crippen LogP contribution >= 0.6 is 11.3 Å². The minimum atomic E-state index is -0.0338. The smallest absolute Gasteiger partial charge is 0.263 e. The van der Waals surface area contributed by atoms with Gasteiger partial charge in [-0.25, -0.2) is 4.98 Å². The first-order valence-electron chi connectivity index (χ1n) is 9.90. The van der Waals surface area contributed by atoms with Gasteiger partial charge in [0.1, 0.15) is 4.88 Å². The minimum Gasteiger partial charge on any atom is -0.377 e. The summed E-state index contributed by atoms with van der Waals surface area (Å²) in [6, 6.07) is 6.33. The molecule has 1 amide bonds. The summed E-state index contributed by atoms with van der Waals surface area (Å²) in [5.74, 6) is -0.0338. The lowest BCUT2D eigenvalue weighted by molar-refractivity contribution is 0.0943. The van der Waals surface area contributed by atoms with E-state index in [1.807, 2.05) is 10.6 Å².